The van der Waals surface area contributed by atoms with Gasteiger partial charge >= 0.3 is 0 Å². The van der Waals surface area contributed by atoms with Gasteiger partial charge in [0.2, 0.25) is 0 Å². The molecule has 6 rings (SSSR count). The zero-order valence-corrected chi connectivity index (χ0v) is 24.5. The van der Waals surface area contributed by atoms with Crippen molar-refractivity contribution in [3.05, 3.63) is 130 Å². The predicted octanol–water partition coefficient (Wildman–Crippen LogP) is 6.44. The van der Waals surface area contributed by atoms with Crippen molar-refractivity contribution in [3.63, 3.8) is 0 Å². The molecule has 39 heavy (non-hydrogen) atoms. The summed E-state index contributed by atoms with van der Waals surface area (Å²) in [4.78, 5) is 34.5. The number of benzene rings is 2. The van der Waals surface area contributed by atoms with Gasteiger partial charge in [0.15, 0.2) is 9.89 Å². The molecule has 2 aromatic carbocycles. The molecule has 0 unspecified atom stereocenters. The van der Waals surface area contributed by atoms with Crippen LogP contribution in [-0.4, -0.2) is 10.5 Å². The second-order valence-electron chi connectivity index (χ2n) is 8.62. The van der Waals surface area contributed by atoms with E-state index in [0.717, 1.165) is 14.2 Å². The molecule has 0 saturated heterocycles. The number of halogens is 1. The molecule has 0 spiro atoms. The highest BCUT2D eigenvalue weighted by molar-refractivity contribution is 9.10. The molecule has 0 saturated carbocycles. The molecular formula is C29H20BrN3O3S3. The number of nitrogens with zero attached hydrogens (tertiary/aromatic N) is 2. The molecule has 1 aliphatic heterocycles. The van der Waals surface area contributed by atoms with E-state index in [2.05, 4.69) is 21.2 Å². The van der Waals surface area contributed by atoms with E-state index in [4.69, 9.17) is 9.41 Å². The number of carbonyl (C=O) groups is 1. The largest absolute Gasteiger partial charge is 0.449 e. The second kappa shape index (κ2) is 11.0. The summed E-state index contributed by atoms with van der Waals surface area (Å²) >= 11 is 7.86. The number of thiazole rings is 1. The number of fused-ring (bicyclic) bond motifs is 1. The van der Waals surface area contributed by atoms with E-state index in [1.807, 2.05) is 91.2 Å². The Morgan fingerprint density at radius 2 is 1.85 bits per heavy atom. The first-order valence-corrected chi connectivity index (χ1v) is 15.2. The molecule has 0 bridgehead atoms. The number of anilines is 1. The van der Waals surface area contributed by atoms with Crippen LogP contribution in [-0.2, 0) is 4.79 Å². The van der Waals surface area contributed by atoms with E-state index >= 15 is 0 Å². The molecule has 10 heteroatoms. The lowest BCUT2D eigenvalue weighted by Gasteiger charge is -2.24. The molecule has 0 fully saturated rings. The third-order valence-corrected chi connectivity index (χ3v) is 9.77. The minimum absolute atomic E-state index is 0.223. The SMILES string of the molecule is CC1=C(C(=O)Nc2ccccc2)[C@@H](c2cccs2)n2c(s/c(=C/c3cc(Br)c(Sc4ccccc4)o3)c2=O)=N1. The number of allylic oxidation sites excluding steroid dienone is 1. The van der Waals surface area contributed by atoms with Gasteiger partial charge in [-0.1, -0.05) is 65.6 Å². The van der Waals surface area contributed by atoms with E-state index in [-0.39, 0.29) is 11.5 Å². The van der Waals surface area contributed by atoms with Gasteiger partial charge in [0.25, 0.3) is 11.5 Å². The number of hydrogen-bond donors (Lipinski definition) is 1. The van der Waals surface area contributed by atoms with Gasteiger partial charge in [-0.05, 0) is 64.6 Å². The van der Waals surface area contributed by atoms with Crippen LogP contribution in [0.3, 0.4) is 0 Å². The molecule has 6 nitrogen and oxygen atoms in total. The van der Waals surface area contributed by atoms with Crippen molar-refractivity contribution in [2.24, 2.45) is 4.99 Å². The zero-order valence-electron chi connectivity index (χ0n) is 20.5. The van der Waals surface area contributed by atoms with E-state index in [1.54, 1.807) is 10.6 Å². The van der Waals surface area contributed by atoms with Gasteiger partial charge in [0.1, 0.15) is 11.8 Å². The first-order valence-electron chi connectivity index (χ1n) is 11.9. The number of amides is 1. The first-order chi connectivity index (χ1) is 19.0. The lowest BCUT2D eigenvalue weighted by atomic mass is 10.0. The highest BCUT2D eigenvalue weighted by Crippen LogP contribution is 2.36. The minimum atomic E-state index is -0.584. The van der Waals surface area contributed by atoms with Crippen LogP contribution < -0.4 is 20.2 Å². The third kappa shape index (κ3) is 5.25. The average molecular weight is 635 g/mol. The highest BCUT2D eigenvalue weighted by atomic mass is 79.9. The van der Waals surface area contributed by atoms with Crippen LogP contribution in [0.2, 0.25) is 0 Å². The maximum absolute atomic E-state index is 13.8. The Hall–Kier alpha value is -3.44. The predicted molar refractivity (Wildman–Crippen MR) is 160 cm³/mol. The Morgan fingerprint density at radius 1 is 1.10 bits per heavy atom. The van der Waals surface area contributed by atoms with E-state index in [9.17, 15) is 9.59 Å². The van der Waals surface area contributed by atoms with Crippen molar-refractivity contribution in [1.82, 2.24) is 4.57 Å². The Kier molecular flexibility index (Phi) is 7.26. The Bertz CT molecular complexity index is 1870. The smallest absolute Gasteiger partial charge is 0.271 e. The van der Waals surface area contributed by atoms with E-state index in [1.165, 1.54) is 34.4 Å². The molecule has 1 aliphatic rings. The van der Waals surface area contributed by atoms with Crippen molar-refractivity contribution in [2.75, 3.05) is 5.32 Å². The molecule has 1 amide bonds. The monoisotopic (exact) mass is 633 g/mol. The maximum Gasteiger partial charge on any atom is 0.271 e. The van der Waals surface area contributed by atoms with Crippen LogP contribution in [0.25, 0.3) is 6.08 Å². The van der Waals surface area contributed by atoms with Crippen LogP contribution >= 0.6 is 50.4 Å². The van der Waals surface area contributed by atoms with E-state index in [0.29, 0.717) is 37.1 Å². The van der Waals surface area contributed by atoms with Crippen LogP contribution in [0.4, 0.5) is 5.69 Å². The molecule has 0 radical (unpaired) electrons. The number of para-hydroxylation sites is 1. The second-order valence-corrected chi connectivity index (χ2v) is 12.5. The van der Waals surface area contributed by atoms with Crippen LogP contribution in [0.1, 0.15) is 23.6 Å². The molecule has 4 heterocycles. The number of hydrogen-bond acceptors (Lipinski definition) is 7. The van der Waals surface area contributed by atoms with Crippen molar-refractivity contribution < 1.29 is 9.21 Å². The molecule has 3 aromatic heterocycles. The zero-order chi connectivity index (χ0) is 26.9. The molecular weight excluding hydrogens is 614 g/mol. The van der Waals surface area contributed by atoms with Gasteiger partial charge in [0.05, 0.1) is 20.3 Å². The van der Waals surface area contributed by atoms with Crippen molar-refractivity contribution in [1.29, 1.82) is 0 Å². The Labute approximate surface area is 244 Å². The Balaban J connectivity index is 1.41. The number of nitrogens with one attached hydrogen (secondary N) is 1. The molecule has 5 aromatic rings. The van der Waals surface area contributed by atoms with Crippen molar-refractivity contribution >= 4 is 68.0 Å². The van der Waals surface area contributed by atoms with Crippen molar-refractivity contribution in [2.45, 2.75) is 23.0 Å². The average Bonchev–Trinajstić information content (AvgIpc) is 3.65. The molecule has 194 valence electrons. The summed E-state index contributed by atoms with van der Waals surface area (Å²) in [5.74, 6) is 0.267. The minimum Gasteiger partial charge on any atom is -0.449 e. The number of carbonyl (C=O) groups excluding carboxylic acids is 1. The van der Waals surface area contributed by atoms with Gasteiger partial charge in [0, 0.05) is 21.5 Å². The normalized spacial score (nSPS) is 15.2. The summed E-state index contributed by atoms with van der Waals surface area (Å²) < 4.78 is 8.97. The number of rotatable bonds is 6. The van der Waals surface area contributed by atoms with Crippen LogP contribution in [0.5, 0.6) is 0 Å². The fourth-order valence-corrected chi connectivity index (χ4v) is 7.48. The fraction of sp³-hybridized carbons (Fsp3) is 0.0690. The van der Waals surface area contributed by atoms with Crippen molar-refractivity contribution in [3.8, 4) is 0 Å². The van der Waals surface area contributed by atoms with Crippen LogP contribution in [0.15, 0.2) is 124 Å². The summed E-state index contributed by atoms with van der Waals surface area (Å²) in [6.07, 6.45) is 1.73. The quantitative estimate of drug-likeness (QED) is 0.233. The van der Waals surface area contributed by atoms with Gasteiger partial charge in [-0.3, -0.25) is 14.2 Å². The highest BCUT2D eigenvalue weighted by Gasteiger charge is 2.33. The van der Waals surface area contributed by atoms with Gasteiger partial charge < -0.3 is 9.73 Å². The lowest BCUT2D eigenvalue weighted by Crippen LogP contribution is -2.40. The summed E-state index contributed by atoms with van der Waals surface area (Å²) in [5, 5.41) is 5.61. The van der Waals surface area contributed by atoms with Gasteiger partial charge in [-0.15, -0.1) is 11.3 Å². The maximum atomic E-state index is 13.8. The topological polar surface area (TPSA) is 76.6 Å². The fourth-order valence-electron chi connectivity index (χ4n) is 4.28. The summed E-state index contributed by atoms with van der Waals surface area (Å²) in [7, 11) is 0. The van der Waals surface area contributed by atoms with Crippen LogP contribution in [0, 0.1) is 0 Å². The first kappa shape index (κ1) is 25.8. The molecule has 0 aliphatic carbocycles. The summed E-state index contributed by atoms with van der Waals surface area (Å²) in [5.41, 5.74) is 1.48. The number of furan rings is 1. The standard InChI is InChI=1S/C29H20BrN3O3S3/c1-17-24(26(34)32-18-9-4-2-5-10-18)25(22-13-8-14-37-22)33-27(35)23(39-29(33)31-17)16-19-15-21(30)28(36-19)38-20-11-6-3-7-12-20/h2-16,25H,1H3,(H,32,34)/b23-16+/t25-/m1/s1. The van der Waals surface area contributed by atoms with Gasteiger partial charge in [-0.2, -0.15) is 0 Å². The molecule has 1 N–H and O–H groups in total. The Morgan fingerprint density at radius 3 is 2.56 bits per heavy atom. The summed E-state index contributed by atoms with van der Waals surface area (Å²) in [6, 6.07) is 24.3. The van der Waals surface area contributed by atoms with Gasteiger partial charge in [-0.25, -0.2) is 4.99 Å². The lowest BCUT2D eigenvalue weighted by molar-refractivity contribution is -0.113. The van der Waals surface area contributed by atoms with E-state index < -0.39 is 6.04 Å². The number of aromatic nitrogens is 1. The summed E-state index contributed by atoms with van der Waals surface area (Å²) in [6.45, 7) is 1.81. The molecule has 1 atom stereocenters. The third-order valence-electron chi connectivity index (χ3n) is 6.01. The number of thiophene rings is 1.